The van der Waals surface area contributed by atoms with Crippen LogP contribution in [0.1, 0.15) is 65.7 Å². The Morgan fingerprint density at radius 2 is 1.52 bits per heavy atom. The van der Waals surface area contributed by atoms with E-state index in [4.69, 9.17) is 0 Å². The van der Waals surface area contributed by atoms with Crippen molar-refractivity contribution in [1.29, 1.82) is 0 Å². The summed E-state index contributed by atoms with van der Waals surface area (Å²) in [5, 5.41) is 0. The Morgan fingerprint density at radius 1 is 0.963 bits per heavy atom. The lowest BCUT2D eigenvalue weighted by Crippen LogP contribution is -2.39. The van der Waals surface area contributed by atoms with Crippen molar-refractivity contribution in [3.8, 4) is 0 Å². The number of hydrogen-bond acceptors (Lipinski definition) is 2. The molecule has 27 heavy (non-hydrogen) atoms. The summed E-state index contributed by atoms with van der Waals surface area (Å²) in [7, 11) is 0. The van der Waals surface area contributed by atoms with Crippen LogP contribution in [-0.4, -0.2) is 49.1 Å². The average Bonchev–Trinajstić information content (AvgIpc) is 2.68. The number of rotatable bonds is 3. The second-order valence-corrected chi connectivity index (χ2v) is 9.20. The molecule has 2 fully saturated rings. The van der Waals surface area contributed by atoms with Crippen molar-refractivity contribution in [3.63, 3.8) is 0 Å². The van der Waals surface area contributed by atoms with Gasteiger partial charge in [0.15, 0.2) is 0 Å². The number of allylic oxidation sites excluding steroid dienone is 1. The third-order valence-electron chi connectivity index (χ3n) is 7.33. The fourth-order valence-corrected chi connectivity index (χ4v) is 5.12. The van der Waals surface area contributed by atoms with E-state index in [0.717, 1.165) is 26.2 Å². The number of fused-ring (bicyclic) bond motifs is 2. The Bertz CT molecular complexity index is 508. The zero-order valence-corrected chi connectivity index (χ0v) is 18.4. The van der Waals surface area contributed by atoms with Gasteiger partial charge in [-0.3, -0.25) is 9.80 Å². The van der Waals surface area contributed by atoms with Crippen LogP contribution in [0.4, 0.5) is 0 Å². The highest BCUT2D eigenvalue weighted by molar-refractivity contribution is 5.18. The van der Waals surface area contributed by atoms with E-state index in [0.29, 0.717) is 11.8 Å². The summed E-state index contributed by atoms with van der Waals surface area (Å²) in [5.74, 6) is 1.16. The van der Waals surface area contributed by atoms with Crippen LogP contribution in [-0.2, 0) is 0 Å². The summed E-state index contributed by atoms with van der Waals surface area (Å²) in [6.45, 7) is 27.1. The molecule has 0 amide bonds. The molecule has 1 heterocycles. The molecule has 0 aromatic rings. The van der Waals surface area contributed by atoms with Crippen LogP contribution in [0.2, 0.25) is 0 Å². The van der Waals surface area contributed by atoms with Gasteiger partial charge in [-0.25, -0.2) is 0 Å². The van der Waals surface area contributed by atoms with Gasteiger partial charge >= 0.3 is 0 Å². The Kier molecular flexibility index (Phi) is 8.82. The minimum atomic E-state index is 0.186. The van der Waals surface area contributed by atoms with Crippen molar-refractivity contribution >= 4 is 0 Å². The van der Waals surface area contributed by atoms with Gasteiger partial charge in [-0.15, -0.1) is 6.58 Å². The molecule has 1 saturated heterocycles. The van der Waals surface area contributed by atoms with E-state index in [9.17, 15) is 0 Å². The standard InChI is InChI=1S/C25H44N2/c1-7-25(6)15-14-23-18-24(25)22(5)20-27(9-3)17-13-11-10-12-16-26(8-2)19-21(23)4/h7,23-24H,1,4-5,8-20H2,2-3,6H3/t23-,24+,25-/m1/s1. The maximum Gasteiger partial charge on any atom is 0.0193 e. The van der Waals surface area contributed by atoms with E-state index < -0.39 is 0 Å². The second kappa shape index (κ2) is 10.6. The molecule has 0 aromatic carbocycles. The molecule has 1 aliphatic carbocycles. The fourth-order valence-electron chi connectivity index (χ4n) is 5.12. The van der Waals surface area contributed by atoms with Gasteiger partial charge in [0.05, 0.1) is 0 Å². The summed E-state index contributed by atoms with van der Waals surface area (Å²) in [6.07, 6.45) is 11.2. The zero-order valence-electron chi connectivity index (χ0n) is 18.4. The van der Waals surface area contributed by atoms with Gasteiger partial charge in [-0.1, -0.05) is 64.0 Å². The van der Waals surface area contributed by atoms with Gasteiger partial charge < -0.3 is 0 Å². The van der Waals surface area contributed by atoms with Crippen molar-refractivity contribution < 1.29 is 0 Å². The van der Waals surface area contributed by atoms with Crippen molar-refractivity contribution in [1.82, 2.24) is 9.80 Å². The summed E-state index contributed by atoms with van der Waals surface area (Å²) < 4.78 is 0. The Labute approximate surface area is 169 Å². The number of nitrogens with zero attached hydrogens (tertiary/aromatic N) is 2. The number of hydrogen-bond donors (Lipinski definition) is 0. The summed E-state index contributed by atoms with van der Waals surface area (Å²) in [4.78, 5) is 5.20. The predicted molar refractivity (Wildman–Crippen MR) is 120 cm³/mol. The monoisotopic (exact) mass is 372 g/mol. The third-order valence-corrected chi connectivity index (χ3v) is 7.33. The van der Waals surface area contributed by atoms with Gasteiger partial charge in [0.25, 0.3) is 0 Å². The van der Waals surface area contributed by atoms with E-state index in [2.05, 4.69) is 56.4 Å². The molecule has 0 spiro atoms. The first kappa shape index (κ1) is 22.4. The molecule has 154 valence electrons. The van der Waals surface area contributed by atoms with Crippen LogP contribution in [0.5, 0.6) is 0 Å². The first-order valence-corrected chi connectivity index (χ1v) is 11.4. The maximum absolute atomic E-state index is 4.59. The molecule has 1 saturated carbocycles. The van der Waals surface area contributed by atoms with Gasteiger partial charge in [0.2, 0.25) is 0 Å². The molecule has 2 bridgehead atoms. The lowest BCUT2D eigenvalue weighted by atomic mass is 9.61. The molecule has 2 heteroatoms. The van der Waals surface area contributed by atoms with Crippen molar-refractivity contribution in [3.05, 3.63) is 37.0 Å². The Hall–Kier alpha value is -0.860. The SMILES string of the molecule is C=C[C@]1(C)CC[C@@H]2C[C@H]1C(=C)CN(CC)CCCCCCN(CC)CC2=C. The lowest BCUT2D eigenvalue weighted by molar-refractivity contribution is 0.153. The zero-order chi connectivity index (χ0) is 19.9. The Morgan fingerprint density at radius 3 is 2.04 bits per heavy atom. The Balaban J connectivity index is 2.20. The molecule has 1 aliphatic heterocycles. The summed E-state index contributed by atoms with van der Waals surface area (Å²) in [5.41, 5.74) is 3.05. The molecule has 2 nitrogen and oxygen atoms in total. The summed E-state index contributed by atoms with van der Waals surface area (Å²) in [6, 6.07) is 0. The largest absolute Gasteiger partial charge is 0.300 e. The van der Waals surface area contributed by atoms with E-state index >= 15 is 0 Å². The summed E-state index contributed by atoms with van der Waals surface area (Å²) >= 11 is 0. The van der Waals surface area contributed by atoms with Crippen LogP contribution in [0.15, 0.2) is 37.0 Å². The van der Waals surface area contributed by atoms with Crippen LogP contribution in [0.3, 0.4) is 0 Å². The highest BCUT2D eigenvalue weighted by Gasteiger charge is 2.40. The quantitative estimate of drug-likeness (QED) is 0.567. The molecule has 0 radical (unpaired) electrons. The van der Waals surface area contributed by atoms with Crippen molar-refractivity contribution in [2.75, 3.05) is 39.3 Å². The minimum Gasteiger partial charge on any atom is -0.300 e. The van der Waals surface area contributed by atoms with E-state index in [1.54, 1.807) is 0 Å². The van der Waals surface area contributed by atoms with Crippen LogP contribution in [0, 0.1) is 17.3 Å². The molecule has 0 N–H and O–H groups in total. The fraction of sp³-hybridized carbons (Fsp3) is 0.760. The van der Waals surface area contributed by atoms with Crippen LogP contribution in [0.25, 0.3) is 0 Å². The highest BCUT2D eigenvalue weighted by Crippen LogP contribution is 2.49. The molecular formula is C25H44N2. The van der Waals surface area contributed by atoms with Gasteiger partial charge in [-0.05, 0) is 75.5 Å². The second-order valence-electron chi connectivity index (χ2n) is 9.20. The lowest BCUT2D eigenvalue weighted by Gasteiger charge is -2.45. The molecule has 0 aromatic heterocycles. The smallest absolute Gasteiger partial charge is 0.0193 e. The van der Waals surface area contributed by atoms with E-state index in [1.807, 2.05) is 0 Å². The molecule has 2 rings (SSSR count). The number of likely N-dealkylation sites (N-methyl/N-ethyl adjacent to an activating group) is 2. The van der Waals surface area contributed by atoms with Gasteiger partial charge in [-0.2, -0.15) is 0 Å². The molecule has 2 aliphatic rings. The van der Waals surface area contributed by atoms with E-state index in [-0.39, 0.29) is 5.41 Å². The van der Waals surface area contributed by atoms with Gasteiger partial charge in [0.1, 0.15) is 0 Å². The van der Waals surface area contributed by atoms with Gasteiger partial charge in [0, 0.05) is 13.1 Å². The highest BCUT2D eigenvalue weighted by atomic mass is 15.1. The predicted octanol–water partition coefficient (Wildman–Crippen LogP) is 5.93. The van der Waals surface area contributed by atoms with Crippen molar-refractivity contribution in [2.24, 2.45) is 17.3 Å². The van der Waals surface area contributed by atoms with E-state index in [1.165, 1.54) is 69.2 Å². The average molecular weight is 373 g/mol. The molecule has 0 unspecified atom stereocenters. The third kappa shape index (κ3) is 6.06. The molecule has 3 atom stereocenters. The molecular weight excluding hydrogens is 328 g/mol. The topological polar surface area (TPSA) is 6.48 Å². The van der Waals surface area contributed by atoms with Crippen LogP contribution < -0.4 is 0 Å². The normalized spacial score (nSPS) is 33.3. The maximum atomic E-state index is 4.59. The first-order valence-electron chi connectivity index (χ1n) is 11.4. The minimum absolute atomic E-state index is 0.186. The first-order chi connectivity index (χ1) is 12.9. The van der Waals surface area contributed by atoms with Crippen molar-refractivity contribution in [2.45, 2.75) is 65.7 Å². The van der Waals surface area contributed by atoms with Crippen LogP contribution >= 0.6 is 0 Å².